The van der Waals surface area contributed by atoms with E-state index in [-0.39, 0.29) is 29.8 Å². The van der Waals surface area contributed by atoms with Crippen LogP contribution in [0, 0.1) is 0 Å². The van der Waals surface area contributed by atoms with Gasteiger partial charge in [-0.25, -0.2) is 8.42 Å². The molecule has 8 nitrogen and oxygen atoms in total. The van der Waals surface area contributed by atoms with Gasteiger partial charge in [0.05, 0.1) is 11.6 Å². The highest BCUT2D eigenvalue weighted by atomic mass is 32.2. The van der Waals surface area contributed by atoms with Gasteiger partial charge in [0, 0.05) is 31.4 Å². The highest BCUT2D eigenvalue weighted by Crippen LogP contribution is 2.37. The van der Waals surface area contributed by atoms with Crippen LogP contribution in [0.2, 0.25) is 0 Å². The number of nitrogens with one attached hydrogen (secondary N) is 2. The molecule has 0 aliphatic carbocycles. The lowest BCUT2D eigenvalue weighted by molar-refractivity contribution is -0.124. The van der Waals surface area contributed by atoms with Gasteiger partial charge < -0.3 is 15.5 Å². The van der Waals surface area contributed by atoms with Crippen LogP contribution in [0.15, 0.2) is 59.5 Å². The molecule has 0 atom stereocenters. The van der Waals surface area contributed by atoms with Gasteiger partial charge >= 0.3 is 0 Å². The Bertz CT molecular complexity index is 1050. The van der Waals surface area contributed by atoms with Crippen molar-refractivity contribution < 1.29 is 18.0 Å². The Balaban J connectivity index is 1.52. The predicted molar refractivity (Wildman–Crippen MR) is 113 cm³/mol. The molecule has 2 amide bonds. The first-order valence-electron chi connectivity index (χ1n) is 9.82. The van der Waals surface area contributed by atoms with Crippen molar-refractivity contribution in [2.45, 2.75) is 30.2 Å². The molecule has 2 heterocycles. The summed E-state index contributed by atoms with van der Waals surface area (Å²) >= 11 is 0. The summed E-state index contributed by atoms with van der Waals surface area (Å²) in [5.74, 6) is -0.271. The van der Waals surface area contributed by atoms with E-state index in [0.29, 0.717) is 25.2 Å². The van der Waals surface area contributed by atoms with Crippen LogP contribution < -0.4 is 15.5 Å². The Labute approximate surface area is 175 Å². The Morgan fingerprint density at radius 2 is 1.67 bits per heavy atom. The molecule has 9 heteroatoms. The van der Waals surface area contributed by atoms with E-state index in [1.807, 2.05) is 35.2 Å². The number of carbonyl (C=O) groups is 2. The Kier molecular flexibility index (Phi) is 5.25. The van der Waals surface area contributed by atoms with Gasteiger partial charge in [-0.3, -0.25) is 9.59 Å². The van der Waals surface area contributed by atoms with E-state index < -0.39 is 15.6 Å². The van der Waals surface area contributed by atoms with E-state index in [2.05, 4.69) is 10.6 Å². The number of piperidine rings is 1. The van der Waals surface area contributed by atoms with E-state index in [4.69, 9.17) is 0 Å². The molecule has 0 unspecified atom stereocenters. The third kappa shape index (κ3) is 3.54. The summed E-state index contributed by atoms with van der Waals surface area (Å²) in [5.41, 5.74) is 0.753. The second kappa shape index (κ2) is 7.73. The molecule has 2 N–H and O–H groups in total. The molecule has 30 heavy (non-hydrogen) atoms. The molecule has 2 aliphatic heterocycles. The van der Waals surface area contributed by atoms with E-state index in [1.165, 1.54) is 23.4 Å². The van der Waals surface area contributed by atoms with Crippen LogP contribution >= 0.6 is 0 Å². The summed E-state index contributed by atoms with van der Waals surface area (Å²) < 4.78 is 27.6. The van der Waals surface area contributed by atoms with Gasteiger partial charge in [0.25, 0.3) is 0 Å². The molecule has 2 aliphatic rings. The minimum absolute atomic E-state index is 0.0527. The summed E-state index contributed by atoms with van der Waals surface area (Å²) in [4.78, 5) is 26.1. The number of anilines is 2. The van der Waals surface area contributed by atoms with E-state index in [9.17, 15) is 18.0 Å². The maximum absolute atomic E-state index is 13.1. The SMILES string of the molecule is CC(=O)Nc1ccc(S(=O)(=O)N2CCC3(CC2)C(=O)NCN3c2ccccc2)cc1. The summed E-state index contributed by atoms with van der Waals surface area (Å²) in [5, 5.41) is 5.54. The van der Waals surface area contributed by atoms with Crippen molar-refractivity contribution in [1.29, 1.82) is 0 Å². The second-order valence-electron chi connectivity index (χ2n) is 7.57. The van der Waals surface area contributed by atoms with Crippen molar-refractivity contribution >= 4 is 33.2 Å². The highest BCUT2D eigenvalue weighted by molar-refractivity contribution is 7.89. The second-order valence-corrected chi connectivity index (χ2v) is 9.51. The molecule has 1 spiro atoms. The number of para-hydroxylation sites is 1. The standard InChI is InChI=1S/C21H24N4O4S/c1-16(26)23-17-7-9-19(10-8-17)30(28,29)24-13-11-21(12-14-24)20(27)22-15-25(21)18-5-3-2-4-6-18/h2-10H,11-15H2,1H3,(H,22,27)(H,23,26). The van der Waals surface area contributed by atoms with Crippen LogP contribution in [-0.4, -0.2) is 49.8 Å². The normalized spacial score (nSPS) is 19.0. The maximum Gasteiger partial charge on any atom is 0.247 e. The Hall–Kier alpha value is -2.91. The predicted octanol–water partition coefficient (Wildman–Crippen LogP) is 1.76. The molecule has 0 aromatic heterocycles. The van der Waals surface area contributed by atoms with Crippen LogP contribution in [0.1, 0.15) is 19.8 Å². The van der Waals surface area contributed by atoms with E-state index >= 15 is 0 Å². The average Bonchev–Trinajstić information content (AvgIpc) is 3.04. The van der Waals surface area contributed by atoms with Crippen LogP contribution in [0.4, 0.5) is 11.4 Å². The summed E-state index contributed by atoms with van der Waals surface area (Å²) in [6.45, 7) is 2.32. The molecular formula is C21H24N4O4S. The Morgan fingerprint density at radius 3 is 2.27 bits per heavy atom. The zero-order valence-electron chi connectivity index (χ0n) is 16.7. The molecule has 2 aromatic carbocycles. The largest absolute Gasteiger partial charge is 0.339 e. The van der Waals surface area contributed by atoms with Gasteiger partial charge in [-0.15, -0.1) is 0 Å². The third-order valence-electron chi connectivity index (χ3n) is 5.77. The molecular weight excluding hydrogens is 404 g/mol. The number of carbonyl (C=O) groups excluding carboxylic acids is 2. The van der Waals surface area contributed by atoms with Gasteiger partial charge in [-0.2, -0.15) is 4.31 Å². The number of sulfonamides is 1. The number of amides is 2. The van der Waals surface area contributed by atoms with E-state index in [0.717, 1.165) is 5.69 Å². The van der Waals surface area contributed by atoms with Crippen molar-refractivity contribution in [3.05, 3.63) is 54.6 Å². The molecule has 2 saturated heterocycles. The van der Waals surface area contributed by atoms with Gasteiger partial charge in [0.15, 0.2) is 0 Å². The first-order valence-corrected chi connectivity index (χ1v) is 11.3. The lowest BCUT2D eigenvalue weighted by Gasteiger charge is -2.42. The third-order valence-corrected chi connectivity index (χ3v) is 7.68. The fraction of sp³-hybridized carbons (Fsp3) is 0.333. The number of hydrogen-bond acceptors (Lipinski definition) is 5. The first kappa shape index (κ1) is 20.4. The fourth-order valence-corrected chi connectivity index (χ4v) is 5.63. The lowest BCUT2D eigenvalue weighted by Crippen LogP contribution is -2.57. The zero-order valence-corrected chi connectivity index (χ0v) is 17.5. The van der Waals surface area contributed by atoms with Crippen molar-refractivity contribution in [3.8, 4) is 0 Å². The molecule has 0 radical (unpaired) electrons. The fourth-order valence-electron chi connectivity index (χ4n) is 4.19. The topological polar surface area (TPSA) is 98.8 Å². The maximum atomic E-state index is 13.1. The molecule has 2 fully saturated rings. The zero-order chi connectivity index (χ0) is 21.4. The van der Waals surface area contributed by atoms with Crippen molar-refractivity contribution in [2.75, 3.05) is 30.0 Å². The minimum atomic E-state index is -3.68. The minimum Gasteiger partial charge on any atom is -0.339 e. The monoisotopic (exact) mass is 428 g/mol. The quantitative estimate of drug-likeness (QED) is 0.773. The van der Waals surface area contributed by atoms with Crippen molar-refractivity contribution in [3.63, 3.8) is 0 Å². The van der Waals surface area contributed by atoms with Crippen LogP contribution in [0.3, 0.4) is 0 Å². The Morgan fingerprint density at radius 1 is 1.03 bits per heavy atom. The smallest absolute Gasteiger partial charge is 0.247 e. The summed E-state index contributed by atoms with van der Waals surface area (Å²) in [7, 11) is -3.68. The summed E-state index contributed by atoms with van der Waals surface area (Å²) in [6.07, 6.45) is 0.827. The van der Waals surface area contributed by atoms with Gasteiger partial charge in [0.2, 0.25) is 21.8 Å². The van der Waals surface area contributed by atoms with Crippen LogP contribution in [0.5, 0.6) is 0 Å². The summed E-state index contributed by atoms with van der Waals surface area (Å²) in [6, 6.07) is 15.8. The number of hydrogen-bond donors (Lipinski definition) is 2. The molecule has 4 rings (SSSR count). The van der Waals surface area contributed by atoms with Crippen molar-refractivity contribution in [1.82, 2.24) is 9.62 Å². The van der Waals surface area contributed by atoms with Gasteiger partial charge in [-0.05, 0) is 49.2 Å². The van der Waals surface area contributed by atoms with Gasteiger partial charge in [0.1, 0.15) is 5.54 Å². The number of nitrogens with zero attached hydrogens (tertiary/aromatic N) is 2. The molecule has 158 valence electrons. The number of benzene rings is 2. The van der Waals surface area contributed by atoms with Crippen LogP contribution in [0.25, 0.3) is 0 Å². The van der Waals surface area contributed by atoms with E-state index in [1.54, 1.807) is 12.1 Å². The highest BCUT2D eigenvalue weighted by Gasteiger charge is 2.51. The van der Waals surface area contributed by atoms with Crippen molar-refractivity contribution in [2.24, 2.45) is 0 Å². The molecule has 0 saturated carbocycles. The number of rotatable bonds is 4. The van der Waals surface area contributed by atoms with Gasteiger partial charge in [-0.1, -0.05) is 18.2 Å². The molecule has 0 bridgehead atoms. The lowest BCUT2D eigenvalue weighted by atomic mass is 9.86. The first-order chi connectivity index (χ1) is 14.3. The average molecular weight is 429 g/mol. The van der Waals surface area contributed by atoms with Crippen LogP contribution in [-0.2, 0) is 19.6 Å². The molecule has 2 aromatic rings.